The molecule has 2 aliphatic rings. The minimum atomic E-state index is 0.776. The Bertz CT molecular complexity index is 207. The Morgan fingerprint density at radius 1 is 1.38 bits per heavy atom. The standard InChI is InChI=1S/C12H19Cl/c1-9(3-2-6-13)12-8-10-4-5-11(12)7-10/h3,10-12H,2,4-8H2,1H3/b9-3+. The fourth-order valence-electron chi connectivity index (χ4n) is 3.24. The number of hydrogen-bond donors (Lipinski definition) is 0. The van der Waals surface area contributed by atoms with Crippen molar-refractivity contribution in [1.82, 2.24) is 0 Å². The molecule has 74 valence electrons. The van der Waals surface area contributed by atoms with Gasteiger partial charge in [-0.1, -0.05) is 18.1 Å². The van der Waals surface area contributed by atoms with Crippen molar-refractivity contribution >= 4 is 11.6 Å². The van der Waals surface area contributed by atoms with Crippen molar-refractivity contribution in [1.29, 1.82) is 0 Å². The largest absolute Gasteiger partial charge is 0.126 e. The maximum absolute atomic E-state index is 5.69. The van der Waals surface area contributed by atoms with Gasteiger partial charge in [-0.05, 0) is 50.4 Å². The molecule has 0 heterocycles. The molecule has 0 aromatic carbocycles. The monoisotopic (exact) mass is 198 g/mol. The van der Waals surface area contributed by atoms with Gasteiger partial charge in [0.15, 0.2) is 0 Å². The van der Waals surface area contributed by atoms with Gasteiger partial charge in [-0.3, -0.25) is 0 Å². The zero-order valence-corrected chi connectivity index (χ0v) is 9.19. The number of hydrogen-bond acceptors (Lipinski definition) is 0. The van der Waals surface area contributed by atoms with Gasteiger partial charge in [0.25, 0.3) is 0 Å². The molecule has 2 rings (SSSR count). The average molecular weight is 199 g/mol. The highest BCUT2D eigenvalue weighted by Crippen LogP contribution is 2.50. The van der Waals surface area contributed by atoms with Crippen molar-refractivity contribution in [2.24, 2.45) is 17.8 Å². The van der Waals surface area contributed by atoms with Gasteiger partial charge in [-0.2, -0.15) is 0 Å². The summed E-state index contributed by atoms with van der Waals surface area (Å²) in [5.74, 6) is 3.78. The lowest BCUT2D eigenvalue weighted by Gasteiger charge is -2.22. The van der Waals surface area contributed by atoms with Crippen molar-refractivity contribution in [3.63, 3.8) is 0 Å². The summed E-state index contributed by atoms with van der Waals surface area (Å²) in [4.78, 5) is 0. The molecule has 0 nitrogen and oxygen atoms in total. The molecule has 0 aliphatic heterocycles. The molecule has 0 radical (unpaired) electrons. The minimum Gasteiger partial charge on any atom is -0.126 e. The first-order valence-electron chi connectivity index (χ1n) is 5.54. The van der Waals surface area contributed by atoms with Gasteiger partial charge < -0.3 is 0 Å². The molecule has 2 fully saturated rings. The Hall–Kier alpha value is 0.0300. The van der Waals surface area contributed by atoms with Crippen LogP contribution in [0.25, 0.3) is 0 Å². The van der Waals surface area contributed by atoms with Gasteiger partial charge in [0, 0.05) is 5.88 Å². The van der Waals surface area contributed by atoms with Crippen LogP contribution in [0.3, 0.4) is 0 Å². The summed E-state index contributed by atoms with van der Waals surface area (Å²) < 4.78 is 0. The predicted molar refractivity (Wildman–Crippen MR) is 58.0 cm³/mol. The molecule has 13 heavy (non-hydrogen) atoms. The molecule has 0 aromatic heterocycles. The van der Waals surface area contributed by atoms with E-state index in [-0.39, 0.29) is 0 Å². The van der Waals surface area contributed by atoms with Crippen LogP contribution in [-0.2, 0) is 0 Å². The van der Waals surface area contributed by atoms with Crippen molar-refractivity contribution in [3.8, 4) is 0 Å². The predicted octanol–water partition coefficient (Wildman–Crippen LogP) is 4.00. The first-order chi connectivity index (χ1) is 6.31. The molecule has 0 amide bonds. The summed E-state index contributed by atoms with van der Waals surface area (Å²) in [5.41, 5.74) is 1.62. The Morgan fingerprint density at radius 2 is 2.23 bits per heavy atom. The second kappa shape index (κ2) is 4.04. The molecule has 0 saturated heterocycles. The third-order valence-corrected chi connectivity index (χ3v) is 4.12. The Morgan fingerprint density at radius 3 is 2.77 bits per heavy atom. The van der Waals surface area contributed by atoms with Crippen LogP contribution in [0, 0.1) is 17.8 Å². The Labute approximate surface area is 86.4 Å². The number of fused-ring (bicyclic) bond motifs is 2. The van der Waals surface area contributed by atoms with Crippen LogP contribution >= 0.6 is 11.6 Å². The maximum atomic E-state index is 5.69. The van der Waals surface area contributed by atoms with Crippen LogP contribution in [0.5, 0.6) is 0 Å². The fourth-order valence-corrected chi connectivity index (χ4v) is 3.35. The molecular weight excluding hydrogens is 180 g/mol. The Kier molecular flexibility index (Phi) is 2.98. The highest BCUT2D eigenvalue weighted by Gasteiger charge is 2.39. The van der Waals surface area contributed by atoms with Gasteiger partial charge in [0.05, 0.1) is 0 Å². The summed E-state index contributed by atoms with van der Waals surface area (Å²) in [5, 5.41) is 0. The molecule has 0 aromatic rings. The summed E-state index contributed by atoms with van der Waals surface area (Å²) in [6, 6.07) is 0. The molecule has 2 aliphatic carbocycles. The molecule has 3 atom stereocenters. The van der Waals surface area contributed by atoms with Gasteiger partial charge in [0.1, 0.15) is 0 Å². The average Bonchev–Trinajstić information content (AvgIpc) is 2.74. The lowest BCUT2D eigenvalue weighted by atomic mass is 9.83. The van der Waals surface area contributed by atoms with Gasteiger partial charge in [-0.25, -0.2) is 0 Å². The molecule has 1 heteroatoms. The van der Waals surface area contributed by atoms with Crippen LogP contribution in [0.15, 0.2) is 11.6 Å². The van der Waals surface area contributed by atoms with E-state index in [9.17, 15) is 0 Å². The zero-order chi connectivity index (χ0) is 9.26. The van der Waals surface area contributed by atoms with E-state index in [1.807, 2.05) is 0 Å². The second-order valence-electron chi connectivity index (χ2n) is 4.71. The summed E-state index contributed by atoms with van der Waals surface area (Å²) in [7, 11) is 0. The SMILES string of the molecule is C/C(=C\CCCl)C1CC2CCC1C2. The number of rotatable bonds is 3. The normalized spacial score (nSPS) is 38.6. The lowest BCUT2D eigenvalue weighted by Crippen LogP contribution is -2.11. The van der Waals surface area contributed by atoms with Crippen molar-refractivity contribution in [2.45, 2.75) is 39.0 Å². The topological polar surface area (TPSA) is 0 Å². The van der Waals surface area contributed by atoms with Gasteiger partial charge in [0.2, 0.25) is 0 Å². The van der Waals surface area contributed by atoms with E-state index in [0.29, 0.717) is 0 Å². The molecule has 0 spiro atoms. The van der Waals surface area contributed by atoms with Gasteiger partial charge in [-0.15, -0.1) is 11.6 Å². The van der Waals surface area contributed by atoms with Crippen LogP contribution in [0.2, 0.25) is 0 Å². The first kappa shape index (κ1) is 9.58. The molecule has 0 N–H and O–H groups in total. The number of halogens is 1. The van der Waals surface area contributed by atoms with E-state index in [4.69, 9.17) is 11.6 Å². The first-order valence-corrected chi connectivity index (χ1v) is 6.07. The van der Waals surface area contributed by atoms with E-state index in [1.165, 1.54) is 25.7 Å². The molecule has 2 bridgehead atoms. The third-order valence-electron chi connectivity index (χ3n) is 3.90. The van der Waals surface area contributed by atoms with Gasteiger partial charge >= 0.3 is 0 Å². The highest BCUT2D eigenvalue weighted by molar-refractivity contribution is 6.17. The minimum absolute atomic E-state index is 0.776. The highest BCUT2D eigenvalue weighted by atomic mass is 35.5. The number of alkyl halides is 1. The smallest absolute Gasteiger partial charge is 0.0258 e. The summed E-state index contributed by atoms with van der Waals surface area (Å²) in [6.45, 7) is 2.30. The fraction of sp³-hybridized carbons (Fsp3) is 0.833. The molecule has 2 saturated carbocycles. The lowest BCUT2D eigenvalue weighted by molar-refractivity contribution is 0.377. The molecular formula is C12H19Cl. The van der Waals surface area contributed by atoms with Crippen LogP contribution < -0.4 is 0 Å². The number of allylic oxidation sites excluding steroid dienone is 2. The van der Waals surface area contributed by atoms with Crippen LogP contribution in [-0.4, -0.2) is 5.88 Å². The summed E-state index contributed by atoms with van der Waals surface area (Å²) >= 11 is 5.69. The quantitative estimate of drug-likeness (QED) is 0.475. The van der Waals surface area contributed by atoms with Crippen molar-refractivity contribution < 1.29 is 0 Å². The van der Waals surface area contributed by atoms with Crippen LogP contribution in [0.4, 0.5) is 0 Å². The zero-order valence-electron chi connectivity index (χ0n) is 8.43. The van der Waals surface area contributed by atoms with E-state index in [2.05, 4.69) is 13.0 Å². The van der Waals surface area contributed by atoms with E-state index in [0.717, 1.165) is 30.1 Å². The van der Waals surface area contributed by atoms with Crippen molar-refractivity contribution in [3.05, 3.63) is 11.6 Å². The van der Waals surface area contributed by atoms with Crippen LogP contribution in [0.1, 0.15) is 39.0 Å². The van der Waals surface area contributed by atoms with Crippen molar-refractivity contribution in [2.75, 3.05) is 5.88 Å². The second-order valence-corrected chi connectivity index (χ2v) is 5.09. The summed E-state index contributed by atoms with van der Waals surface area (Å²) in [6.07, 6.45) is 9.39. The maximum Gasteiger partial charge on any atom is 0.0258 e. The Balaban J connectivity index is 1.94. The third kappa shape index (κ3) is 1.93. The van der Waals surface area contributed by atoms with E-state index in [1.54, 1.807) is 5.57 Å². The van der Waals surface area contributed by atoms with E-state index >= 15 is 0 Å². The molecule has 3 unspecified atom stereocenters. The van der Waals surface area contributed by atoms with E-state index < -0.39 is 0 Å².